The fourth-order valence-electron chi connectivity index (χ4n) is 4.43. The Labute approximate surface area is 215 Å². The number of methoxy groups -OCH3 is 1. The molecule has 9 nitrogen and oxygen atoms in total. The van der Waals surface area contributed by atoms with E-state index in [1.165, 1.54) is 0 Å². The van der Waals surface area contributed by atoms with Crippen LogP contribution in [0.4, 0.5) is 0 Å². The molecule has 190 valence electrons. The summed E-state index contributed by atoms with van der Waals surface area (Å²) < 4.78 is 16.4. The molecule has 0 saturated carbocycles. The van der Waals surface area contributed by atoms with Gasteiger partial charge in [0, 0.05) is 6.42 Å². The number of hydrazone groups is 1. The Morgan fingerprint density at radius 3 is 2.59 bits per heavy atom. The van der Waals surface area contributed by atoms with Gasteiger partial charge in [0.05, 0.1) is 38.2 Å². The molecule has 0 aliphatic carbocycles. The van der Waals surface area contributed by atoms with Crippen molar-refractivity contribution in [1.82, 2.24) is 20.1 Å². The number of aromatic nitrogens is 2. The molecule has 1 aliphatic heterocycles. The Morgan fingerprint density at radius 1 is 1.08 bits per heavy atom. The van der Waals surface area contributed by atoms with Crippen LogP contribution in [-0.4, -0.2) is 51.9 Å². The van der Waals surface area contributed by atoms with Gasteiger partial charge in [-0.25, -0.2) is 5.01 Å². The van der Waals surface area contributed by atoms with Crippen molar-refractivity contribution in [2.75, 3.05) is 20.2 Å². The second-order valence-corrected chi connectivity index (χ2v) is 8.83. The molecule has 5 rings (SSSR count). The van der Waals surface area contributed by atoms with Gasteiger partial charge in [-0.1, -0.05) is 49.4 Å². The smallest absolute Gasteiger partial charge is 0.283 e. The van der Waals surface area contributed by atoms with Crippen molar-refractivity contribution in [3.8, 4) is 17.4 Å². The number of benzene rings is 2. The number of carbonyl (C=O) groups is 1. The predicted molar refractivity (Wildman–Crippen MR) is 138 cm³/mol. The maximum Gasteiger partial charge on any atom is 0.283 e. The van der Waals surface area contributed by atoms with Crippen LogP contribution in [0.25, 0.3) is 11.7 Å². The first-order valence-corrected chi connectivity index (χ1v) is 12.3. The molecule has 0 bridgehead atoms. The molecule has 9 heteroatoms. The van der Waals surface area contributed by atoms with Gasteiger partial charge in [0.2, 0.25) is 5.89 Å². The number of ether oxygens (including phenoxy) is 1. The maximum absolute atomic E-state index is 13.7. The molecule has 1 atom stereocenters. The summed E-state index contributed by atoms with van der Waals surface area (Å²) in [6.45, 7) is 3.29. The number of amides is 1. The van der Waals surface area contributed by atoms with Crippen molar-refractivity contribution in [3.05, 3.63) is 90.0 Å². The van der Waals surface area contributed by atoms with E-state index in [0.29, 0.717) is 37.1 Å². The van der Waals surface area contributed by atoms with Gasteiger partial charge in [0.15, 0.2) is 5.76 Å². The minimum atomic E-state index is -0.203. The molecule has 2 aromatic heterocycles. The van der Waals surface area contributed by atoms with Crippen LogP contribution in [0, 0.1) is 0 Å². The highest BCUT2D eigenvalue weighted by molar-refractivity contribution is 6.03. The second kappa shape index (κ2) is 11.2. The quantitative estimate of drug-likeness (QED) is 0.305. The SMILES string of the molecule is CCCN(CC(=O)N1N=C(c2ccccc2)C[C@H]1c1ccc(OC)cc1)Cc1nnc(-c2ccco2)o1. The van der Waals surface area contributed by atoms with E-state index in [0.717, 1.165) is 29.0 Å². The van der Waals surface area contributed by atoms with Gasteiger partial charge >= 0.3 is 0 Å². The first-order valence-electron chi connectivity index (χ1n) is 12.3. The van der Waals surface area contributed by atoms with E-state index in [9.17, 15) is 4.79 Å². The van der Waals surface area contributed by atoms with E-state index in [4.69, 9.17) is 18.7 Å². The van der Waals surface area contributed by atoms with Gasteiger partial charge < -0.3 is 13.6 Å². The number of nitrogens with zero attached hydrogens (tertiary/aromatic N) is 5. The third-order valence-electron chi connectivity index (χ3n) is 6.23. The highest BCUT2D eigenvalue weighted by Gasteiger charge is 2.34. The third-order valence-corrected chi connectivity index (χ3v) is 6.23. The monoisotopic (exact) mass is 499 g/mol. The first kappa shape index (κ1) is 24.5. The van der Waals surface area contributed by atoms with Gasteiger partial charge in [-0.3, -0.25) is 9.69 Å². The average molecular weight is 500 g/mol. The van der Waals surface area contributed by atoms with Crippen LogP contribution in [0.2, 0.25) is 0 Å². The molecule has 0 fully saturated rings. The molecular formula is C28H29N5O4. The number of furan rings is 1. The third kappa shape index (κ3) is 5.62. The van der Waals surface area contributed by atoms with E-state index in [2.05, 4.69) is 17.1 Å². The lowest BCUT2D eigenvalue weighted by Gasteiger charge is -2.26. The Morgan fingerprint density at radius 2 is 1.89 bits per heavy atom. The minimum absolute atomic E-state index is 0.0917. The summed E-state index contributed by atoms with van der Waals surface area (Å²) in [5.74, 6) is 1.93. The zero-order valence-electron chi connectivity index (χ0n) is 20.9. The average Bonchev–Trinajstić information content (AvgIpc) is 3.70. The summed E-state index contributed by atoms with van der Waals surface area (Å²) in [6.07, 6.45) is 3.06. The fraction of sp³-hybridized carbons (Fsp3) is 0.286. The standard InChI is InChI=1S/C28H29N5O4/c1-3-15-32(18-26-29-30-28(37-26)25-10-7-16-36-25)19-27(34)33-24(21-11-13-22(35-2)14-12-21)17-23(31-33)20-8-5-4-6-9-20/h4-14,16,24H,3,15,17-19H2,1-2H3/t24-/m0/s1. The van der Waals surface area contributed by atoms with Crippen LogP contribution in [0.5, 0.6) is 5.75 Å². The normalized spacial score (nSPS) is 15.3. The highest BCUT2D eigenvalue weighted by Crippen LogP contribution is 2.34. The van der Waals surface area contributed by atoms with Crippen LogP contribution in [0.15, 0.2) is 86.9 Å². The van der Waals surface area contributed by atoms with Crippen LogP contribution in [-0.2, 0) is 11.3 Å². The van der Waals surface area contributed by atoms with Crippen molar-refractivity contribution in [2.24, 2.45) is 5.10 Å². The molecule has 3 heterocycles. The van der Waals surface area contributed by atoms with Crippen LogP contribution < -0.4 is 4.74 Å². The molecule has 0 unspecified atom stereocenters. The summed E-state index contributed by atoms with van der Waals surface area (Å²) in [5, 5.41) is 14.6. The number of carbonyl (C=O) groups excluding carboxylic acids is 1. The molecule has 1 aliphatic rings. The molecule has 2 aromatic carbocycles. The van der Waals surface area contributed by atoms with Gasteiger partial charge in [0.25, 0.3) is 11.8 Å². The molecule has 0 radical (unpaired) electrons. The van der Waals surface area contributed by atoms with Crippen LogP contribution >= 0.6 is 0 Å². The first-order chi connectivity index (χ1) is 18.1. The molecule has 1 amide bonds. The zero-order valence-corrected chi connectivity index (χ0v) is 20.9. The molecule has 0 spiro atoms. The van der Waals surface area contributed by atoms with E-state index in [-0.39, 0.29) is 18.5 Å². The largest absolute Gasteiger partial charge is 0.497 e. The van der Waals surface area contributed by atoms with Crippen molar-refractivity contribution in [2.45, 2.75) is 32.4 Å². The Hall–Kier alpha value is -4.24. The van der Waals surface area contributed by atoms with Crippen molar-refractivity contribution in [1.29, 1.82) is 0 Å². The second-order valence-electron chi connectivity index (χ2n) is 8.83. The van der Waals surface area contributed by atoms with Gasteiger partial charge in [0.1, 0.15) is 5.75 Å². The van der Waals surface area contributed by atoms with Crippen molar-refractivity contribution >= 4 is 11.6 Å². The Balaban J connectivity index is 1.36. The number of hydrogen-bond acceptors (Lipinski definition) is 8. The number of hydrogen-bond donors (Lipinski definition) is 0. The lowest BCUT2D eigenvalue weighted by Crippen LogP contribution is -2.38. The highest BCUT2D eigenvalue weighted by atomic mass is 16.5. The van der Waals surface area contributed by atoms with E-state index >= 15 is 0 Å². The Kier molecular flexibility index (Phi) is 7.41. The van der Waals surface area contributed by atoms with E-state index in [1.807, 2.05) is 59.5 Å². The summed E-state index contributed by atoms with van der Waals surface area (Å²) in [5.41, 5.74) is 2.90. The van der Waals surface area contributed by atoms with Crippen molar-refractivity contribution < 1.29 is 18.4 Å². The maximum atomic E-state index is 13.7. The minimum Gasteiger partial charge on any atom is -0.497 e. The lowest BCUT2D eigenvalue weighted by molar-refractivity contribution is -0.134. The van der Waals surface area contributed by atoms with Crippen molar-refractivity contribution in [3.63, 3.8) is 0 Å². The summed E-state index contributed by atoms with van der Waals surface area (Å²) in [6, 6.07) is 21.1. The summed E-state index contributed by atoms with van der Waals surface area (Å²) >= 11 is 0. The van der Waals surface area contributed by atoms with E-state index in [1.54, 1.807) is 30.5 Å². The molecule has 4 aromatic rings. The molecular weight excluding hydrogens is 470 g/mol. The van der Waals surface area contributed by atoms with Crippen LogP contribution in [0.3, 0.4) is 0 Å². The van der Waals surface area contributed by atoms with E-state index < -0.39 is 0 Å². The van der Waals surface area contributed by atoms with Gasteiger partial charge in [-0.15, -0.1) is 10.2 Å². The molecule has 0 N–H and O–H groups in total. The zero-order chi connectivity index (χ0) is 25.6. The fourth-order valence-corrected chi connectivity index (χ4v) is 4.43. The molecule has 37 heavy (non-hydrogen) atoms. The summed E-state index contributed by atoms with van der Waals surface area (Å²) in [7, 11) is 1.64. The molecule has 0 saturated heterocycles. The predicted octanol–water partition coefficient (Wildman–Crippen LogP) is 4.93. The topological polar surface area (TPSA) is 97.2 Å². The van der Waals surface area contributed by atoms with Gasteiger partial charge in [-0.05, 0) is 48.4 Å². The number of rotatable bonds is 10. The van der Waals surface area contributed by atoms with Gasteiger partial charge in [-0.2, -0.15) is 5.10 Å². The Bertz CT molecular complexity index is 1330. The van der Waals surface area contributed by atoms with Crippen LogP contribution in [0.1, 0.15) is 42.8 Å². The summed E-state index contributed by atoms with van der Waals surface area (Å²) in [4.78, 5) is 15.7. The lowest BCUT2D eigenvalue weighted by atomic mass is 9.98.